The van der Waals surface area contributed by atoms with Crippen LogP contribution in [0.25, 0.3) is 0 Å². The van der Waals surface area contributed by atoms with Crippen molar-refractivity contribution < 1.29 is 35.0 Å². The van der Waals surface area contributed by atoms with E-state index in [0.29, 0.717) is 19.7 Å². The highest BCUT2D eigenvalue weighted by Gasteiger charge is 2.56. The lowest BCUT2D eigenvalue weighted by Crippen LogP contribution is -2.54. The third kappa shape index (κ3) is 2.83. The van der Waals surface area contributed by atoms with E-state index in [1.54, 1.807) is 4.90 Å². The molecule has 2 unspecified atom stereocenters. The van der Waals surface area contributed by atoms with E-state index < -0.39 is 36.9 Å². The molecule has 20 heavy (non-hydrogen) atoms. The van der Waals surface area contributed by atoms with E-state index in [-0.39, 0.29) is 6.10 Å². The Morgan fingerprint density at radius 2 is 2.10 bits per heavy atom. The van der Waals surface area contributed by atoms with Crippen LogP contribution in [-0.4, -0.2) is 93.2 Å². The smallest absolute Gasteiger partial charge is 0.219 e. The van der Waals surface area contributed by atoms with Crippen molar-refractivity contribution in [1.29, 1.82) is 0 Å². The number of rotatable bonds is 4. The molecule has 0 aromatic carbocycles. The van der Waals surface area contributed by atoms with Crippen molar-refractivity contribution in [3.05, 3.63) is 0 Å². The number of hydrogen-bond acceptors (Lipinski definition) is 8. The first-order valence-corrected chi connectivity index (χ1v) is 6.84. The SMILES string of the molecule is CCC1CN(C(O)[C@@H]2O[C@](O)(CO)[C@@H](O)[C@@H]2O)CCO1. The van der Waals surface area contributed by atoms with Crippen LogP contribution in [0.4, 0.5) is 0 Å². The van der Waals surface area contributed by atoms with Crippen molar-refractivity contribution in [3.63, 3.8) is 0 Å². The molecule has 6 atom stereocenters. The van der Waals surface area contributed by atoms with Gasteiger partial charge in [-0.2, -0.15) is 0 Å². The van der Waals surface area contributed by atoms with Crippen LogP contribution in [0.5, 0.6) is 0 Å². The molecule has 2 heterocycles. The third-order valence-electron chi connectivity index (χ3n) is 3.98. The predicted octanol–water partition coefficient (Wildman–Crippen LogP) is -2.78. The maximum atomic E-state index is 10.3. The van der Waals surface area contributed by atoms with Gasteiger partial charge in [0.25, 0.3) is 0 Å². The lowest BCUT2D eigenvalue weighted by molar-refractivity contribution is -0.264. The van der Waals surface area contributed by atoms with E-state index in [4.69, 9.17) is 14.6 Å². The van der Waals surface area contributed by atoms with Gasteiger partial charge in [-0.25, -0.2) is 0 Å². The number of nitrogens with zero attached hydrogens (tertiary/aromatic N) is 1. The van der Waals surface area contributed by atoms with Crippen molar-refractivity contribution >= 4 is 0 Å². The molecule has 0 saturated carbocycles. The summed E-state index contributed by atoms with van der Waals surface area (Å²) in [6.45, 7) is 2.48. The average Bonchev–Trinajstić information content (AvgIpc) is 2.71. The summed E-state index contributed by atoms with van der Waals surface area (Å²) in [5.74, 6) is -2.25. The van der Waals surface area contributed by atoms with Crippen LogP contribution in [0, 0.1) is 0 Å². The van der Waals surface area contributed by atoms with E-state index in [1.807, 2.05) is 6.92 Å². The molecule has 2 rings (SSSR count). The van der Waals surface area contributed by atoms with Gasteiger partial charge in [-0.3, -0.25) is 4.90 Å². The summed E-state index contributed by atoms with van der Waals surface area (Å²) in [6, 6.07) is 0. The van der Waals surface area contributed by atoms with Crippen LogP contribution in [0.2, 0.25) is 0 Å². The number of morpholine rings is 1. The topological polar surface area (TPSA) is 123 Å². The number of aliphatic hydroxyl groups excluding tert-OH is 4. The second kappa shape index (κ2) is 6.20. The molecule has 2 aliphatic rings. The number of hydrogen-bond donors (Lipinski definition) is 5. The highest BCUT2D eigenvalue weighted by Crippen LogP contribution is 2.32. The molecule has 0 radical (unpaired) electrons. The van der Waals surface area contributed by atoms with E-state index in [1.165, 1.54) is 0 Å². The van der Waals surface area contributed by atoms with Gasteiger partial charge in [0.1, 0.15) is 24.5 Å². The monoisotopic (exact) mass is 293 g/mol. The Morgan fingerprint density at radius 3 is 2.65 bits per heavy atom. The van der Waals surface area contributed by atoms with Crippen molar-refractivity contribution in [2.75, 3.05) is 26.3 Å². The summed E-state index contributed by atoms with van der Waals surface area (Å²) in [4.78, 5) is 1.67. The number of aliphatic hydroxyl groups is 5. The molecule has 5 N–H and O–H groups in total. The molecule has 0 aromatic heterocycles. The lowest BCUT2D eigenvalue weighted by Gasteiger charge is -2.38. The Labute approximate surface area is 117 Å². The van der Waals surface area contributed by atoms with E-state index in [0.717, 1.165) is 6.42 Å². The minimum atomic E-state index is -2.25. The van der Waals surface area contributed by atoms with Gasteiger partial charge in [0.05, 0.1) is 19.3 Å². The molecule has 8 nitrogen and oxygen atoms in total. The van der Waals surface area contributed by atoms with Crippen LogP contribution in [0.15, 0.2) is 0 Å². The Balaban J connectivity index is 2.04. The summed E-state index contributed by atoms with van der Waals surface area (Å²) in [6.07, 6.45) is -4.77. The molecule has 118 valence electrons. The Morgan fingerprint density at radius 1 is 1.40 bits per heavy atom. The largest absolute Gasteiger partial charge is 0.391 e. The van der Waals surface area contributed by atoms with Crippen molar-refractivity contribution in [3.8, 4) is 0 Å². The molecular weight excluding hydrogens is 270 g/mol. The molecule has 0 amide bonds. The first-order chi connectivity index (χ1) is 9.42. The quantitative estimate of drug-likeness (QED) is 0.377. The Kier molecular flexibility index (Phi) is 4.98. The minimum Gasteiger partial charge on any atom is -0.391 e. The minimum absolute atomic E-state index is 0.0152. The van der Waals surface area contributed by atoms with Crippen LogP contribution in [0.1, 0.15) is 13.3 Å². The summed E-state index contributed by atoms with van der Waals surface area (Å²) in [5.41, 5.74) is 0. The first-order valence-electron chi connectivity index (χ1n) is 6.84. The van der Waals surface area contributed by atoms with Gasteiger partial charge in [0.2, 0.25) is 5.79 Å². The maximum absolute atomic E-state index is 10.3. The first kappa shape index (κ1) is 16.1. The standard InChI is InChI=1S/C12H23NO7/c1-2-7-5-13(3-4-19-7)11(17)9-8(15)10(16)12(18,6-14)20-9/h7-11,14-18H,2-6H2,1H3/t7?,8-,9-,10+,11?,12-/m1/s1. The molecule has 0 aromatic rings. The zero-order valence-electron chi connectivity index (χ0n) is 11.4. The van der Waals surface area contributed by atoms with E-state index >= 15 is 0 Å². The van der Waals surface area contributed by atoms with Crippen LogP contribution in [0.3, 0.4) is 0 Å². The van der Waals surface area contributed by atoms with Gasteiger partial charge in [-0.15, -0.1) is 0 Å². The summed E-state index contributed by atoms with van der Waals surface area (Å²) in [5, 5.41) is 48.7. The van der Waals surface area contributed by atoms with Crippen molar-refractivity contribution in [1.82, 2.24) is 4.90 Å². The van der Waals surface area contributed by atoms with Gasteiger partial charge in [0.15, 0.2) is 0 Å². The zero-order valence-corrected chi connectivity index (χ0v) is 11.4. The van der Waals surface area contributed by atoms with Crippen LogP contribution >= 0.6 is 0 Å². The lowest BCUT2D eigenvalue weighted by atomic mass is 10.0. The molecule has 2 saturated heterocycles. The fraction of sp³-hybridized carbons (Fsp3) is 1.00. The van der Waals surface area contributed by atoms with Crippen LogP contribution in [-0.2, 0) is 9.47 Å². The number of ether oxygens (including phenoxy) is 2. The Hall–Kier alpha value is -0.320. The van der Waals surface area contributed by atoms with E-state index in [2.05, 4.69) is 0 Å². The molecule has 0 aliphatic carbocycles. The summed E-state index contributed by atoms with van der Waals surface area (Å²) >= 11 is 0. The van der Waals surface area contributed by atoms with Gasteiger partial charge in [0, 0.05) is 13.1 Å². The fourth-order valence-corrected chi connectivity index (χ4v) is 2.63. The van der Waals surface area contributed by atoms with Gasteiger partial charge in [-0.05, 0) is 6.42 Å². The maximum Gasteiger partial charge on any atom is 0.219 e. The predicted molar refractivity (Wildman–Crippen MR) is 66.5 cm³/mol. The fourth-order valence-electron chi connectivity index (χ4n) is 2.63. The molecule has 2 aliphatic heterocycles. The van der Waals surface area contributed by atoms with Gasteiger partial charge < -0.3 is 35.0 Å². The second-order valence-electron chi connectivity index (χ2n) is 5.33. The summed E-state index contributed by atoms with van der Waals surface area (Å²) in [7, 11) is 0. The van der Waals surface area contributed by atoms with E-state index in [9.17, 15) is 20.4 Å². The van der Waals surface area contributed by atoms with Crippen LogP contribution < -0.4 is 0 Å². The molecule has 0 spiro atoms. The molecule has 2 fully saturated rings. The average molecular weight is 293 g/mol. The second-order valence-corrected chi connectivity index (χ2v) is 5.33. The molecule has 8 heteroatoms. The highest BCUT2D eigenvalue weighted by atomic mass is 16.7. The summed E-state index contributed by atoms with van der Waals surface area (Å²) < 4.78 is 10.6. The zero-order chi connectivity index (χ0) is 14.9. The Bertz CT molecular complexity index is 331. The van der Waals surface area contributed by atoms with Gasteiger partial charge in [-0.1, -0.05) is 6.92 Å². The molecule has 0 bridgehead atoms. The normalized spacial score (nSPS) is 44.7. The van der Waals surface area contributed by atoms with Gasteiger partial charge >= 0.3 is 0 Å². The van der Waals surface area contributed by atoms with Crippen molar-refractivity contribution in [2.24, 2.45) is 0 Å². The highest BCUT2D eigenvalue weighted by molar-refractivity contribution is 4.98. The third-order valence-corrected chi connectivity index (χ3v) is 3.98. The van der Waals surface area contributed by atoms with Crippen molar-refractivity contribution in [2.45, 2.75) is 49.8 Å². The molecular formula is C12H23NO7.